The zero-order valence-corrected chi connectivity index (χ0v) is 9.44. The second-order valence-corrected chi connectivity index (χ2v) is 3.04. The second-order valence-electron chi connectivity index (χ2n) is 3.04. The summed E-state index contributed by atoms with van der Waals surface area (Å²) in [6.45, 7) is 3.64. The van der Waals surface area contributed by atoms with E-state index >= 15 is 0 Å². The van der Waals surface area contributed by atoms with Crippen LogP contribution in [0.25, 0.3) is 0 Å². The van der Waals surface area contributed by atoms with Crippen molar-refractivity contribution >= 4 is 11.9 Å². The minimum absolute atomic E-state index is 0.187. The normalized spacial score (nSPS) is 9.69. The van der Waals surface area contributed by atoms with Gasteiger partial charge in [0.1, 0.15) is 5.69 Å². The van der Waals surface area contributed by atoms with Crippen LogP contribution in [0, 0.1) is 6.92 Å². The fraction of sp³-hybridized carbons (Fsp3) is 0.364. The first-order chi connectivity index (χ1) is 7.60. The zero-order chi connectivity index (χ0) is 12.1. The Kier molecular flexibility index (Phi) is 3.99. The average molecular weight is 223 g/mol. The van der Waals surface area contributed by atoms with Gasteiger partial charge in [-0.25, -0.2) is 14.6 Å². The van der Waals surface area contributed by atoms with E-state index in [4.69, 9.17) is 4.74 Å². The molecule has 1 aromatic rings. The van der Waals surface area contributed by atoms with Crippen LogP contribution in [0.1, 0.15) is 33.5 Å². The molecule has 0 aliphatic rings. The highest BCUT2D eigenvalue weighted by atomic mass is 16.5. The van der Waals surface area contributed by atoms with E-state index in [0.29, 0.717) is 11.3 Å². The fourth-order valence-corrected chi connectivity index (χ4v) is 1.21. The SMILES string of the molecule is CCOC(=O)c1ccc(C(=O)OC)c(C)n1. The van der Waals surface area contributed by atoms with E-state index in [1.165, 1.54) is 19.2 Å². The van der Waals surface area contributed by atoms with Crippen LogP contribution in [0.5, 0.6) is 0 Å². The molecule has 0 aliphatic carbocycles. The Morgan fingerprint density at radius 3 is 2.50 bits per heavy atom. The average Bonchev–Trinajstić information content (AvgIpc) is 2.28. The molecule has 0 atom stereocenters. The Hall–Kier alpha value is -1.91. The van der Waals surface area contributed by atoms with Crippen LogP contribution < -0.4 is 0 Å². The monoisotopic (exact) mass is 223 g/mol. The summed E-state index contributed by atoms with van der Waals surface area (Å²) >= 11 is 0. The number of carbonyl (C=O) groups is 2. The largest absolute Gasteiger partial charge is 0.465 e. The molecule has 0 aromatic carbocycles. The molecule has 16 heavy (non-hydrogen) atoms. The van der Waals surface area contributed by atoms with Gasteiger partial charge in [-0.3, -0.25) is 0 Å². The molecule has 0 amide bonds. The maximum absolute atomic E-state index is 11.3. The smallest absolute Gasteiger partial charge is 0.356 e. The first-order valence-electron chi connectivity index (χ1n) is 4.83. The Morgan fingerprint density at radius 1 is 1.31 bits per heavy atom. The molecule has 86 valence electrons. The molecule has 0 fully saturated rings. The summed E-state index contributed by atoms with van der Waals surface area (Å²) in [6, 6.07) is 2.94. The third-order valence-corrected chi connectivity index (χ3v) is 1.98. The lowest BCUT2D eigenvalue weighted by Gasteiger charge is -2.05. The van der Waals surface area contributed by atoms with E-state index in [0.717, 1.165) is 0 Å². The number of nitrogens with zero attached hydrogens (tertiary/aromatic N) is 1. The zero-order valence-electron chi connectivity index (χ0n) is 9.44. The topological polar surface area (TPSA) is 65.5 Å². The van der Waals surface area contributed by atoms with Gasteiger partial charge in [-0.05, 0) is 26.0 Å². The molecule has 5 heteroatoms. The van der Waals surface area contributed by atoms with E-state index in [2.05, 4.69) is 9.72 Å². The molecular weight excluding hydrogens is 210 g/mol. The minimum Gasteiger partial charge on any atom is -0.465 e. The number of ether oxygens (including phenoxy) is 2. The van der Waals surface area contributed by atoms with Crippen LogP contribution >= 0.6 is 0 Å². The molecule has 0 aliphatic heterocycles. The van der Waals surface area contributed by atoms with E-state index in [1.807, 2.05) is 0 Å². The Morgan fingerprint density at radius 2 is 2.00 bits per heavy atom. The summed E-state index contributed by atoms with van der Waals surface area (Å²) < 4.78 is 9.36. The van der Waals surface area contributed by atoms with Crippen molar-refractivity contribution in [3.05, 3.63) is 29.1 Å². The molecule has 0 unspecified atom stereocenters. The fourth-order valence-electron chi connectivity index (χ4n) is 1.21. The quantitative estimate of drug-likeness (QED) is 0.724. The molecule has 0 radical (unpaired) electrons. The van der Waals surface area contributed by atoms with Gasteiger partial charge in [0, 0.05) is 0 Å². The number of carbonyl (C=O) groups excluding carboxylic acids is 2. The van der Waals surface area contributed by atoms with Crippen molar-refractivity contribution in [1.82, 2.24) is 4.98 Å². The van der Waals surface area contributed by atoms with Crippen molar-refractivity contribution in [2.24, 2.45) is 0 Å². The first-order valence-corrected chi connectivity index (χ1v) is 4.83. The second kappa shape index (κ2) is 5.25. The van der Waals surface area contributed by atoms with Crippen molar-refractivity contribution in [3.63, 3.8) is 0 Å². The van der Waals surface area contributed by atoms with Crippen LogP contribution in [0.4, 0.5) is 0 Å². The van der Waals surface area contributed by atoms with Crippen LogP contribution in [-0.4, -0.2) is 30.6 Å². The van der Waals surface area contributed by atoms with Gasteiger partial charge in [0.15, 0.2) is 0 Å². The number of rotatable bonds is 3. The Bertz CT molecular complexity index is 414. The Labute approximate surface area is 93.4 Å². The highest BCUT2D eigenvalue weighted by molar-refractivity contribution is 5.92. The maximum atomic E-state index is 11.3. The van der Waals surface area contributed by atoms with Gasteiger partial charge in [-0.2, -0.15) is 0 Å². The third kappa shape index (κ3) is 2.56. The van der Waals surface area contributed by atoms with Gasteiger partial charge in [-0.1, -0.05) is 0 Å². The molecule has 0 bridgehead atoms. The van der Waals surface area contributed by atoms with Crippen LogP contribution in [0.2, 0.25) is 0 Å². The van der Waals surface area contributed by atoms with Crippen molar-refractivity contribution in [2.45, 2.75) is 13.8 Å². The number of esters is 2. The van der Waals surface area contributed by atoms with Crippen molar-refractivity contribution < 1.29 is 19.1 Å². The predicted octanol–water partition coefficient (Wildman–Crippen LogP) is 1.35. The van der Waals surface area contributed by atoms with E-state index in [9.17, 15) is 9.59 Å². The minimum atomic E-state index is -0.498. The summed E-state index contributed by atoms with van der Waals surface area (Å²) in [4.78, 5) is 26.6. The highest BCUT2D eigenvalue weighted by Crippen LogP contribution is 2.09. The first kappa shape index (κ1) is 12.2. The van der Waals surface area contributed by atoms with Gasteiger partial charge >= 0.3 is 11.9 Å². The molecule has 1 heterocycles. The molecule has 5 nitrogen and oxygen atoms in total. The summed E-state index contributed by atoms with van der Waals surface area (Å²) in [5, 5.41) is 0. The van der Waals surface area contributed by atoms with Crippen LogP contribution in [0.15, 0.2) is 12.1 Å². The standard InChI is InChI=1S/C11H13NO4/c1-4-16-11(14)9-6-5-8(7(2)12-9)10(13)15-3/h5-6H,4H2,1-3H3. The maximum Gasteiger partial charge on any atom is 0.356 e. The van der Waals surface area contributed by atoms with Crippen molar-refractivity contribution in [3.8, 4) is 0 Å². The number of hydrogen-bond donors (Lipinski definition) is 0. The lowest BCUT2D eigenvalue weighted by molar-refractivity contribution is 0.0516. The summed E-state index contributed by atoms with van der Waals surface area (Å²) in [7, 11) is 1.29. The predicted molar refractivity (Wildman–Crippen MR) is 56.3 cm³/mol. The number of pyridine rings is 1. The molecule has 1 rings (SSSR count). The van der Waals surface area contributed by atoms with Gasteiger partial charge in [0.25, 0.3) is 0 Å². The van der Waals surface area contributed by atoms with Gasteiger partial charge in [0.2, 0.25) is 0 Å². The van der Waals surface area contributed by atoms with Gasteiger partial charge in [0.05, 0.1) is 25.0 Å². The summed E-state index contributed by atoms with van der Waals surface area (Å²) in [5.41, 5.74) is 0.972. The molecule has 0 saturated heterocycles. The molecule has 0 spiro atoms. The van der Waals surface area contributed by atoms with Gasteiger partial charge < -0.3 is 9.47 Å². The van der Waals surface area contributed by atoms with E-state index in [-0.39, 0.29) is 12.3 Å². The Balaban J connectivity index is 2.99. The number of methoxy groups -OCH3 is 1. The highest BCUT2D eigenvalue weighted by Gasteiger charge is 2.14. The molecule has 1 aromatic heterocycles. The number of aromatic nitrogens is 1. The van der Waals surface area contributed by atoms with Gasteiger partial charge in [-0.15, -0.1) is 0 Å². The van der Waals surface area contributed by atoms with E-state index in [1.54, 1.807) is 13.8 Å². The van der Waals surface area contributed by atoms with Crippen LogP contribution in [0.3, 0.4) is 0 Å². The third-order valence-electron chi connectivity index (χ3n) is 1.98. The van der Waals surface area contributed by atoms with Crippen molar-refractivity contribution in [1.29, 1.82) is 0 Å². The summed E-state index contributed by atoms with van der Waals surface area (Å²) in [5.74, 6) is -0.970. The number of hydrogen-bond acceptors (Lipinski definition) is 5. The lowest BCUT2D eigenvalue weighted by atomic mass is 10.2. The number of aryl methyl sites for hydroxylation is 1. The molecular formula is C11H13NO4. The van der Waals surface area contributed by atoms with Crippen LogP contribution in [-0.2, 0) is 9.47 Å². The van der Waals surface area contributed by atoms with E-state index < -0.39 is 11.9 Å². The summed E-state index contributed by atoms with van der Waals surface area (Å²) in [6.07, 6.45) is 0. The lowest BCUT2D eigenvalue weighted by Crippen LogP contribution is -2.11. The van der Waals surface area contributed by atoms with Crippen molar-refractivity contribution in [2.75, 3.05) is 13.7 Å². The molecule has 0 N–H and O–H groups in total. The molecule has 0 saturated carbocycles.